The molecule has 0 saturated heterocycles. The number of carboxylic acid groups (broad SMARTS) is 1. The van der Waals surface area contributed by atoms with E-state index in [4.69, 9.17) is 5.11 Å². The van der Waals surface area contributed by atoms with Crippen LogP contribution in [0.25, 0.3) is 0 Å². The molecule has 5 heteroatoms. The summed E-state index contributed by atoms with van der Waals surface area (Å²) in [6, 6.07) is 0. The maximum Gasteiger partial charge on any atom is 0.336 e. The van der Waals surface area contributed by atoms with Gasteiger partial charge >= 0.3 is 5.97 Å². The van der Waals surface area contributed by atoms with Crippen LogP contribution in [-0.2, 0) is 4.79 Å². The second-order valence-electron chi connectivity index (χ2n) is 5.32. The Labute approximate surface area is 102 Å². The molecular formula is C12H23NO4. The average Bonchev–Trinajstić information content (AvgIpc) is 2.43. The Balaban J connectivity index is 2.36. The fourth-order valence-corrected chi connectivity index (χ4v) is 2.18. The number of rotatable bonds is 5. The van der Waals surface area contributed by atoms with Gasteiger partial charge in [-0.2, -0.15) is 0 Å². The van der Waals surface area contributed by atoms with Crippen LogP contribution in [0.4, 0.5) is 0 Å². The number of hydrogen-bond donors (Lipinski definition) is 4. The van der Waals surface area contributed by atoms with Gasteiger partial charge in [0.15, 0.2) is 5.60 Å². The van der Waals surface area contributed by atoms with Crippen molar-refractivity contribution in [2.75, 3.05) is 13.1 Å². The summed E-state index contributed by atoms with van der Waals surface area (Å²) in [5.41, 5.74) is -2.52. The highest BCUT2D eigenvalue weighted by atomic mass is 16.4. The predicted molar refractivity (Wildman–Crippen MR) is 63.8 cm³/mol. The van der Waals surface area contributed by atoms with Crippen molar-refractivity contribution in [3.8, 4) is 0 Å². The summed E-state index contributed by atoms with van der Waals surface area (Å²) in [6.07, 6.45) is 5.80. The van der Waals surface area contributed by atoms with E-state index < -0.39 is 17.2 Å². The Kier molecular flexibility index (Phi) is 4.91. The SMILES string of the molecule is CC(O)(CNCC1(O)CCCCCC1)C(=O)O. The molecule has 17 heavy (non-hydrogen) atoms. The van der Waals surface area contributed by atoms with Gasteiger partial charge in [0, 0.05) is 13.1 Å². The molecule has 1 atom stereocenters. The summed E-state index contributed by atoms with van der Waals surface area (Å²) in [7, 11) is 0. The lowest BCUT2D eigenvalue weighted by Crippen LogP contribution is -2.49. The summed E-state index contributed by atoms with van der Waals surface area (Å²) in [4.78, 5) is 10.7. The monoisotopic (exact) mass is 245 g/mol. The highest BCUT2D eigenvalue weighted by molar-refractivity contribution is 5.76. The van der Waals surface area contributed by atoms with Crippen molar-refractivity contribution < 1.29 is 20.1 Å². The molecule has 1 fully saturated rings. The van der Waals surface area contributed by atoms with Crippen molar-refractivity contribution in [1.82, 2.24) is 5.32 Å². The number of hydrogen-bond acceptors (Lipinski definition) is 4. The van der Waals surface area contributed by atoms with Crippen LogP contribution in [0.3, 0.4) is 0 Å². The summed E-state index contributed by atoms with van der Waals surface area (Å²) in [5.74, 6) is -1.25. The van der Waals surface area contributed by atoms with Gasteiger partial charge < -0.3 is 20.6 Å². The van der Waals surface area contributed by atoms with Crippen LogP contribution in [0, 0.1) is 0 Å². The third-order valence-electron chi connectivity index (χ3n) is 3.42. The van der Waals surface area contributed by atoms with E-state index in [0.29, 0.717) is 6.54 Å². The van der Waals surface area contributed by atoms with Crippen molar-refractivity contribution >= 4 is 5.97 Å². The van der Waals surface area contributed by atoms with Crippen molar-refractivity contribution in [2.45, 2.75) is 56.7 Å². The minimum absolute atomic E-state index is 0.0509. The first-order valence-electron chi connectivity index (χ1n) is 6.25. The molecule has 100 valence electrons. The fourth-order valence-electron chi connectivity index (χ4n) is 2.18. The molecule has 1 saturated carbocycles. The maximum atomic E-state index is 10.7. The van der Waals surface area contributed by atoms with E-state index in [0.717, 1.165) is 38.5 Å². The zero-order valence-corrected chi connectivity index (χ0v) is 10.4. The van der Waals surface area contributed by atoms with Crippen LogP contribution in [0.1, 0.15) is 45.4 Å². The molecule has 0 aromatic carbocycles. The molecule has 1 aliphatic rings. The van der Waals surface area contributed by atoms with Crippen LogP contribution in [0.2, 0.25) is 0 Å². The molecule has 0 heterocycles. The van der Waals surface area contributed by atoms with E-state index in [-0.39, 0.29) is 6.54 Å². The van der Waals surface area contributed by atoms with E-state index in [1.54, 1.807) is 0 Å². The molecule has 5 nitrogen and oxygen atoms in total. The van der Waals surface area contributed by atoms with Gasteiger partial charge in [-0.1, -0.05) is 25.7 Å². The lowest BCUT2D eigenvalue weighted by molar-refractivity contribution is -0.156. The van der Waals surface area contributed by atoms with Gasteiger partial charge in [-0.05, 0) is 19.8 Å². The second-order valence-corrected chi connectivity index (χ2v) is 5.32. The normalized spacial score (nSPS) is 23.7. The van der Waals surface area contributed by atoms with E-state index >= 15 is 0 Å². The summed E-state index contributed by atoms with van der Waals surface area (Å²) >= 11 is 0. The number of aliphatic hydroxyl groups is 2. The van der Waals surface area contributed by atoms with E-state index in [1.807, 2.05) is 0 Å². The molecule has 1 rings (SSSR count). The van der Waals surface area contributed by atoms with E-state index in [2.05, 4.69) is 5.32 Å². The molecule has 0 aromatic heterocycles. The molecular weight excluding hydrogens is 222 g/mol. The van der Waals surface area contributed by atoms with Gasteiger partial charge in [-0.3, -0.25) is 0 Å². The molecule has 1 unspecified atom stereocenters. The van der Waals surface area contributed by atoms with Gasteiger partial charge in [0.1, 0.15) is 0 Å². The van der Waals surface area contributed by atoms with E-state index in [9.17, 15) is 15.0 Å². The number of carboxylic acids is 1. The lowest BCUT2D eigenvalue weighted by atomic mass is 9.94. The largest absolute Gasteiger partial charge is 0.479 e. The average molecular weight is 245 g/mol. The Morgan fingerprint density at radius 1 is 1.29 bits per heavy atom. The third-order valence-corrected chi connectivity index (χ3v) is 3.42. The molecule has 0 bridgehead atoms. The van der Waals surface area contributed by atoms with Crippen LogP contribution >= 0.6 is 0 Å². The molecule has 0 aromatic rings. The van der Waals surface area contributed by atoms with Crippen molar-refractivity contribution in [2.24, 2.45) is 0 Å². The Morgan fingerprint density at radius 3 is 2.29 bits per heavy atom. The van der Waals surface area contributed by atoms with Crippen LogP contribution in [0.5, 0.6) is 0 Å². The Bertz CT molecular complexity index is 257. The molecule has 0 radical (unpaired) electrons. The zero-order chi connectivity index (χ0) is 12.9. The van der Waals surface area contributed by atoms with Crippen LogP contribution < -0.4 is 5.32 Å². The van der Waals surface area contributed by atoms with Crippen molar-refractivity contribution in [3.05, 3.63) is 0 Å². The quantitative estimate of drug-likeness (QED) is 0.529. The predicted octanol–water partition coefficient (Wildman–Crippen LogP) is 0.497. The molecule has 0 spiro atoms. The fraction of sp³-hybridized carbons (Fsp3) is 0.917. The Hall–Kier alpha value is -0.650. The first kappa shape index (κ1) is 14.4. The summed E-state index contributed by atoms with van der Waals surface area (Å²) in [5, 5.41) is 31.4. The second kappa shape index (κ2) is 5.80. The molecule has 1 aliphatic carbocycles. The summed E-state index contributed by atoms with van der Waals surface area (Å²) in [6.45, 7) is 1.54. The van der Waals surface area contributed by atoms with Crippen molar-refractivity contribution in [3.63, 3.8) is 0 Å². The van der Waals surface area contributed by atoms with Gasteiger partial charge in [-0.25, -0.2) is 4.79 Å². The molecule has 0 amide bonds. The highest BCUT2D eigenvalue weighted by Gasteiger charge is 2.32. The minimum atomic E-state index is -1.78. The highest BCUT2D eigenvalue weighted by Crippen LogP contribution is 2.26. The first-order valence-corrected chi connectivity index (χ1v) is 6.25. The number of aliphatic carboxylic acids is 1. The number of carbonyl (C=O) groups is 1. The maximum absolute atomic E-state index is 10.7. The first-order chi connectivity index (χ1) is 7.86. The minimum Gasteiger partial charge on any atom is -0.479 e. The van der Waals surface area contributed by atoms with Gasteiger partial charge in [-0.15, -0.1) is 0 Å². The van der Waals surface area contributed by atoms with E-state index in [1.165, 1.54) is 6.92 Å². The zero-order valence-electron chi connectivity index (χ0n) is 10.4. The Morgan fingerprint density at radius 2 is 1.82 bits per heavy atom. The molecule has 4 N–H and O–H groups in total. The standard InChI is InChI=1S/C12H23NO4/c1-11(16,10(14)15)8-13-9-12(17)6-4-2-3-5-7-12/h13,16-17H,2-9H2,1H3,(H,14,15). The van der Waals surface area contributed by atoms with Crippen LogP contribution in [0.15, 0.2) is 0 Å². The van der Waals surface area contributed by atoms with Crippen LogP contribution in [-0.4, -0.2) is 45.6 Å². The van der Waals surface area contributed by atoms with Crippen molar-refractivity contribution in [1.29, 1.82) is 0 Å². The topological polar surface area (TPSA) is 89.8 Å². The molecule has 0 aliphatic heterocycles. The van der Waals surface area contributed by atoms with Gasteiger partial charge in [0.05, 0.1) is 5.60 Å². The third kappa shape index (κ3) is 4.61. The summed E-state index contributed by atoms with van der Waals surface area (Å²) < 4.78 is 0. The smallest absolute Gasteiger partial charge is 0.336 e. The van der Waals surface area contributed by atoms with Gasteiger partial charge in [0.25, 0.3) is 0 Å². The van der Waals surface area contributed by atoms with Gasteiger partial charge in [0.2, 0.25) is 0 Å². The lowest BCUT2D eigenvalue weighted by Gasteiger charge is -2.28. The number of nitrogens with one attached hydrogen (secondary N) is 1.